The van der Waals surface area contributed by atoms with Crippen molar-refractivity contribution in [2.75, 3.05) is 63.9 Å². The maximum Gasteiger partial charge on any atom is 0.303 e. The summed E-state index contributed by atoms with van der Waals surface area (Å²) in [5, 5.41) is 9.25. The summed E-state index contributed by atoms with van der Waals surface area (Å²) in [5.74, 6) is -1.62. The predicted octanol–water partition coefficient (Wildman–Crippen LogP) is 6.68. The normalized spacial score (nSPS) is 17.8. The van der Waals surface area contributed by atoms with Crippen LogP contribution in [-0.4, -0.2) is 145 Å². The van der Waals surface area contributed by atoms with Gasteiger partial charge in [0.15, 0.2) is 5.71 Å². The second-order valence-electron chi connectivity index (χ2n) is 19.0. The molecule has 6 N–H and O–H groups in total. The van der Waals surface area contributed by atoms with E-state index >= 15 is 0 Å². The van der Waals surface area contributed by atoms with Gasteiger partial charge in [-0.1, -0.05) is 36.4 Å². The van der Waals surface area contributed by atoms with Gasteiger partial charge in [0.1, 0.15) is 16.3 Å². The van der Waals surface area contributed by atoms with Crippen molar-refractivity contribution >= 4 is 95.2 Å². The number of carboxylic acid groups (broad SMARTS) is 1. The monoisotopic (exact) mass is 1170 g/mol. The van der Waals surface area contributed by atoms with E-state index in [0.29, 0.717) is 85.1 Å². The van der Waals surface area contributed by atoms with Crippen LogP contribution in [0.15, 0.2) is 116 Å². The Morgan fingerprint density at radius 3 is 1.73 bits per heavy atom. The van der Waals surface area contributed by atoms with Crippen molar-refractivity contribution in [3.05, 3.63) is 108 Å². The Hall–Kier alpha value is -5.27. The lowest BCUT2D eigenvalue weighted by molar-refractivity contribution is -0.438. The van der Waals surface area contributed by atoms with Crippen molar-refractivity contribution in [3.8, 4) is 0 Å². The second-order valence-corrected chi connectivity index (χ2v) is 26.2. The van der Waals surface area contributed by atoms with E-state index in [1.54, 1.807) is 61.6 Å². The number of carboxylic acids is 1. The zero-order valence-corrected chi connectivity index (χ0v) is 46.5. The van der Waals surface area contributed by atoms with Gasteiger partial charge in [-0.15, -0.1) is 0 Å². The number of aliphatic carboxylic acids is 1. The molecule has 0 radical (unpaired) electrons. The minimum atomic E-state index is -5.10. The highest BCUT2D eigenvalue weighted by Gasteiger charge is 2.47. The molecule has 0 aliphatic carbocycles. The van der Waals surface area contributed by atoms with Crippen LogP contribution in [0, 0.1) is 0 Å². The lowest BCUT2D eigenvalue weighted by Crippen LogP contribution is -2.31. The second kappa shape index (κ2) is 24.0. The molecule has 4 aromatic carbocycles. The summed E-state index contributed by atoms with van der Waals surface area (Å²) in [6.07, 6.45) is 13.2. The number of fused-ring (bicyclic) bond motifs is 6. The molecule has 0 saturated carbocycles. The van der Waals surface area contributed by atoms with E-state index in [9.17, 15) is 74.8 Å². The first-order chi connectivity index (χ1) is 35.8. The maximum atomic E-state index is 12.8. The first-order valence-corrected chi connectivity index (χ1v) is 31.3. The van der Waals surface area contributed by atoms with Crippen LogP contribution in [0.1, 0.15) is 70.4 Å². The van der Waals surface area contributed by atoms with Crippen LogP contribution in [-0.2, 0) is 80.4 Å². The molecule has 2 aliphatic heterocycles. The topological polar surface area (TPSA) is 343 Å². The molecule has 0 bridgehead atoms. The SMILES string of the molecule is COCCOCCOCCN1/C(=C/C=C/C=C/C=C/C2=[N+](CCCCCC(=O)O)c3ccc4c(S(=O)(=O)O)cc(S(=O)(=O)O)cc4c3C2(C)C)C(C)(CCCS(=O)(=O)O)c2c1ccc1c(S(=O)(=O)O)cc(S(=O)(=O)O)cc21. The highest BCUT2D eigenvalue weighted by atomic mass is 32.2. The first kappa shape index (κ1) is 61.0. The number of allylic oxidation sites excluding steroid dienone is 8. The Morgan fingerprint density at radius 2 is 1.17 bits per heavy atom. The van der Waals surface area contributed by atoms with Gasteiger partial charge in [0, 0.05) is 71.8 Å². The number of hydrogen-bond donors (Lipinski definition) is 6. The minimum Gasteiger partial charge on any atom is -0.481 e. The van der Waals surface area contributed by atoms with Crippen molar-refractivity contribution in [3.63, 3.8) is 0 Å². The van der Waals surface area contributed by atoms with E-state index < -0.39 is 92.7 Å². The lowest BCUT2D eigenvalue weighted by Gasteiger charge is -2.31. The van der Waals surface area contributed by atoms with Crippen molar-refractivity contribution in [2.45, 2.75) is 89.7 Å². The number of benzene rings is 4. The van der Waals surface area contributed by atoms with E-state index in [1.165, 1.54) is 19.2 Å². The van der Waals surface area contributed by atoms with E-state index in [2.05, 4.69) is 0 Å². The molecular weight excluding hydrogens is 1110 g/mol. The third kappa shape index (κ3) is 14.3. The van der Waals surface area contributed by atoms with Crippen molar-refractivity contribution in [2.24, 2.45) is 0 Å². The zero-order chi connectivity index (χ0) is 56.9. The molecule has 22 nitrogen and oxygen atoms in total. The van der Waals surface area contributed by atoms with Crippen LogP contribution < -0.4 is 4.90 Å². The van der Waals surface area contributed by atoms with Gasteiger partial charge in [-0.05, 0) is 105 Å². The van der Waals surface area contributed by atoms with Crippen molar-refractivity contribution in [1.82, 2.24) is 0 Å². The summed E-state index contributed by atoms with van der Waals surface area (Å²) >= 11 is 0. The van der Waals surface area contributed by atoms with Crippen LogP contribution in [0.25, 0.3) is 21.5 Å². The van der Waals surface area contributed by atoms with Gasteiger partial charge in [0.05, 0.1) is 54.0 Å². The van der Waals surface area contributed by atoms with Gasteiger partial charge in [0.25, 0.3) is 50.6 Å². The molecule has 0 aromatic heterocycles. The molecule has 1 unspecified atom stereocenters. The summed E-state index contributed by atoms with van der Waals surface area (Å²) in [4.78, 5) is 9.94. The molecule has 77 heavy (non-hydrogen) atoms. The van der Waals surface area contributed by atoms with Crippen molar-refractivity contribution in [1.29, 1.82) is 0 Å². The Labute approximate surface area is 447 Å². The molecule has 2 heterocycles. The third-order valence-corrected chi connectivity index (χ3v) is 17.6. The standard InChI is InChI=1S/C50H60N2O20S5/c1-49(2)44(51(22-12-8-11-16-46(53)54)40-19-17-36-38(47(40)49)30-34(74(58,59)60)32-42(36)76(64,65)66)14-9-6-5-7-10-15-45-50(3,21-13-29-73(55,56)57)48-39-31-35(75(61,62)63)33-43(77(67,68)69)37(39)18-20-41(48)52(45)23-24-71-27-28-72-26-25-70-4/h5-7,9-10,14-15,17-20,30-33H,8,11-13,16,21-29H2,1-4H3,(H5-,53,54,55,56,57,58,59,60,61,62,63,64,65,66,67,68,69)/p+1. The Balaban J connectivity index is 1.43. The number of nitrogens with zero attached hydrogens (tertiary/aromatic N) is 2. The lowest BCUT2D eigenvalue weighted by atomic mass is 9.75. The fourth-order valence-corrected chi connectivity index (χ4v) is 13.2. The van der Waals surface area contributed by atoms with Crippen molar-refractivity contribution < 1.29 is 93.5 Å². The van der Waals surface area contributed by atoms with E-state index in [4.69, 9.17) is 14.2 Å². The summed E-state index contributed by atoms with van der Waals surface area (Å²) in [5.41, 5.74) is 0.724. The number of carbonyl (C=O) groups is 1. The molecular formula is C50H61N2O20S5+. The number of methoxy groups -OCH3 is 1. The van der Waals surface area contributed by atoms with Gasteiger partial charge < -0.3 is 24.2 Å². The molecule has 0 saturated heterocycles. The number of unbranched alkanes of at least 4 members (excludes halogenated alkanes) is 2. The highest BCUT2D eigenvalue weighted by Crippen LogP contribution is 2.54. The van der Waals surface area contributed by atoms with Crippen LogP contribution >= 0.6 is 0 Å². The average Bonchev–Trinajstić information content (AvgIpc) is 3.70. The molecule has 2 aliphatic rings. The van der Waals surface area contributed by atoms with Gasteiger partial charge in [-0.25, -0.2) is 0 Å². The largest absolute Gasteiger partial charge is 0.481 e. The fourth-order valence-electron chi connectivity index (χ4n) is 10.0. The van der Waals surface area contributed by atoms with E-state index in [0.717, 1.165) is 12.1 Å². The van der Waals surface area contributed by atoms with Crippen LogP contribution in [0.5, 0.6) is 0 Å². The quantitative estimate of drug-likeness (QED) is 0.0157. The smallest absolute Gasteiger partial charge is 0.303 e. The van der Waals surface area contributed by atoms with Gasteiger partial charge >= 0.3 is 5.97 Å². The molecule has 0 spiro atoms. The zero-order valence-electron chi connectivity index (χ0n) is 42.4. The molecule has 27 heteroatoms. The molecule has 420 valence electrons. The number of ether oxygens (including phenoxy) is 3. The highest BCUT2D eigenvalue weighted by molar-refractivity contribution is 7.87. The van der Waals surface area contributed by atoms with Crippen LogP contribution in [0.2, 0.25) is 0 Å². The van der Waals surface area contributed by atoms with Crippen LogP contribution in [0.3, 0.4) is 0 Å². The molecule has 6 rings (SSSR count). The Morgan fingerprint density at radius 1 is 0.623 bits per heavy atom. The number of anilines is 1. The number of rotatable bonds is 27. The summed E-state index contributed by atoms with van der Waals surface area (Å²) in [6, 6.07) is 9.52. The van der Waals surface area contributed by atoms with Crippen LogP contribution in [0.4, 0.5) is 11.4 Å². The fraction of sp³-hybridized carbons (Fsp3) is 0.400. The summed E-state index contributed by atoms with van der Waals surface area (Å²) in [6.45, 7) is 7.11. The molecule has 1 atom stereocenters. The van der Waals surface area contributed by atoms with E-state index in [1.807, 2.05) is 23.3 Å². The molecule has 0 amide bonds. The maximum absolute atomic E-state index is 12.8. The predicted molar refractivity (Wildman–Crippen MR) is 285 cm³/mol. The van der Waals surface area contributed by atoms with E-state index in [-0.39, 0.29) is 67.2 Å². The summed E-state index contributed by atoms with van der Waals surface area (Å²) in [7, 11) is -23.1. The number of hydrogen-bond acceptors (Lipinski definition) is 15. The minimum absolute atomic E-state index is 0.00371. The Bertz CT molecular complexity index is 3700. The third-order valence-electron chi connectivity index (χ3n) is 13.4. The summed E-state index contributed by atoms with van der Waals surface area (Å²) < 4.78 is 194. The first-order valence-electron chi connectivity index (χ1n) is 23.9. The molecule has 0 fully saturated rings. The van der Waals surface area contributed by atoms with Gasteiger partial charge in [0.2, 0.25) is 5.69 Å². The Kier molecular flexibility index (Phi) is 19.0. The average molecular weight is 1170 g/mol. The van der Waals surface area contributed by atoms with Gasteiger partial charge in [-0.2, -0.15) is 46.7 Å². The van der Waals surface area contributed by atoms with Gasteiger partial charge in [-0.3, -0.25) is 27.6 Å². The molecule has 4 aromatic rings.